The van der Waals surface area contributed by atoms with Crippen molar-refractivity contribution in [2.75, 3.05) is 37.3 Å². The maximum Gasteiger partial charge on any atom is 0.287 e. The van der Waals surface area contributed by atoms with Crippen molar-refractivity contribution in [1.29, 1.82) is 0 Å². The Morgan fingerprint density at radius 2 is 1.89 bits per heavy atom. The van der Waals surface area contributed by atoms with Gasteiger partial charge in [-0.25, -0.2) is 13.4 Å². The third kappa shape index (κ3) is 3.18. The Morgan fingerprint density at radius 3 is 2.32 bits per heavy atom. The Labute approximate surface area is 110 Å². The van der Waals surface area contributed by atoms with Crippen LogP contribution in [0, 0.1) is 10.1 Å². The number of nitrogens with zero attached hydrogens (tertiary/aromatic N) is 4. The summed E-state index contributed by atoms with van der Waals surface area (Å²) in [6.07, 6.45) is 2.39. The van der Waals surface area contributed by atoms with Gasteiger partial charge < -0.3 is 4.90 Å². The van der Waals surface area contributed by atoms with Crippen molar-refractivity contribution in [2.24, 2.45) is 0 Å². The summed E-state index contributed by atoms with van der Waals surface area (Å²) in [5.74, 6) is 0.624. The lowest BCUT2D eigenvalue weighted by Crippen LogP contribution is -2.48. The van der Waals surface area contributed by atoms with Crippen LogP contribution in [-0.2, 0) is 10.0 Å². The molecule has 1 aliphatic heterocycles. The van der Waals surface area contributed by atoms with Gasteiger partial charge in [0.05, 0.1) is 11.2 Å². The first kappa shape index (κ1) is 13.7. The van der Waals surface area contributed by atoms with Gasteiger partial charge >= 0.3 is 0 Å². The van der Waals surface area contributed by atoms with Gasteiger partial charge in [0.1, 0.15) is 12.0 Å². The number of sulfonamides is 1. The molecule has 0 amide bonds. The van der Waals surface area contributed by atoms with Crippen molar-refractivity contribution in [3.63, 3.8) is 0 Å². The Hall–Kier alpha value is -1.74. The van der Waals surface area contributed by atoms with Crippen LogP contribution in [0.1, 0.15) is 0 Å². The molecule has 8 nitrogen and oxygen atoms in total. The van der Waals surface area contributed by atoms with Crippen LogP contribution in [0.15, 0.2) is 18.3 Å². The van der Waals surface area contributed by atoms with E-state index in [2.05, 4.69) is 4.98 Å². The van der Waals surface area contributed by atoms with Crippen molar-refractivity contribution in [3.05, 3.63) is 28.4 Å². The first-order valence-corrected chi connectivity index (χ1v) is 7.53. The Morgan fingerprint density at radius 1 is 1.26 bits per heavy atom. The minimum Gasteiger partial charge on any atom is -0.354 e. The van der Waals surface area contributed by atoms with Gasteiger partial charge in [-0.15, -0.1) is 0 Å². The van der Waals surface area contributed by atoms with E-state index in [0.717, 1.165) is 0 Å². The van der Waals surface area contributed by atoms with Crippen LogP contribution in [0.25, 0.3) is 0 Å². The van der Waals surface area contributed by atoms with Crippen LogP contribution in [-0.4, -0.2) is 55.1 Å². The molecule has 19 heavy (non-hydrogen) atoms. The van der Waals surface area contributed by atoms with Gasteiger partial charge in [0, 0.05) is 32.2 Å². The van der Waals surface area contributed by atoms with Gasteiger partial charge in [0.25, 0.3) is 5.69 Å². The molecule has 0 bridgehead atoms. The van der Waals surface area contributed by atoms with Crippen molar-refractivity contribution >= 4 is 21.5 Å². The van der Waals surface area contributed by atoms with Crippen LogP contribution in [0.3, 0.4) is 0 Å². The molecular formula is C10H14N4O4S. The van der Waals surface area contributed by atoms with Crippen LogP contribution < -0.4 is 4.90 Å². The molecule has 0 saturated carbocycles. The first-order valence-electron chi connectivity index (χ1n) is 5.68. The lowest BCUT2D eigenvalue weighted by molar-refractivity contribution is -0.385. The molecule has 1 saturated heterocycles. The predicted octanol–water partition coefficient (Wildman–Crippen LogP) is 0.0714. The maximum absolute atomic E-state index is 11.4. The van der Waals surface area contributed by atoms with E-state index in [1.807, 2.05) is 4.90 Å². The SMILES string of the molecule is CS(=O)(=O)N1CCN(c2ccc([N+](=O)[O-])cn2)CC1. The standard InChI is InChI=1S/C10H14N4O4S/c1-19(17,18)13-6-4-12(5-7-13)10-3-2-9(8-11-10)14(15)16/h2-3,8H,4-7H2,1H3. The topological polar surface area (TPSA) is 96.7 Å². The number of pyridine rings is 1. The van der Waals surface area contributed by atoms with Gasteiger partial charge in [-0.05, 0) is 6.07 Å². The third-order valence-corrected chi connectivity index (χ3v) is 4.28. The molecule has 104 valence electrons. The lowest BCUT2D eigenvalue weighted by atomic mass is 10.3. The lowest BCUT2D eigenvalue weighted by Gasteiger charge is -2.33. The fourth-order valence-electron chi connectivity index (χ4n) is 1.92. The normalized spacial score (nSPS) is 17.4. The van der Waals surface area contributed by atoms with Crippen molar-refractivity contribution in [2.45, 2.75) is 0 Å². The quantitative estimate of drug-likeness (QED) is 0.576. The van der Waals surface area contributed by atoms with E-state index in [4.69, 9.17) is 0 Å². The van der Waals surface area contributed by atoms with E-state index in [1.54, 1.807) is 6.07 Å². The Bertz CT molecular complexity index is 564. The van der Waals surface area contributed by atoms with E-state index in [1.165, 1.54) is 22.8 Å². The number of anilines is 1. The molecule has 0 atom stereocenters. The highest BCUT2D eigenvalue weighted by Crippen LogP contribution is 2.17. The second-order valence-electron chi connectivity index (χ2n) is 4.28. The van der Waals surface area contributed by atoms with Crippen LogP contribution >= 0.6 is 0 Å². The average Bonchev–Trinajstić information content (AvgIpc) is 2.38. The summed E-state index contributed by atoms with van der Waals surface area (Å²) in [5, 5.41) is 10.5. The number of hydrogen-bond acceptors (Lipinski definition) is 6. The van der Waals surface area contributed by atoms with Gasteiger partial charge in [0.15, 0.2) is 0 Å². The van der Waals surface area contributed by atoms with Crippen LogP contribution in [0.4, 0.5) is 11.5 Å². The summed E-state index contributed by atoms with van der Waals surface area (Å²) in [7, 11) is -3.15. The summed E-state index contributed by atoms with van der Waals surface area (Å²) in [4.78, 5) is 16.0. The molecule has 0 aliphatic carbocycles. The van der Waals surface area contributed by atoms with Crippen molar-refractivity contribution < 1.29 is 13.3 Å². The molecule has 0 aromatic carbocycles. The van der Waals surface area contributed by atoms with Gasteiger partial charge in [-0.1, -0.05) is 0 Å². The summed E-state index contributed by atoms with van der Waals surface area (Å²) in [5.41, 5.74) is -0.0569. The smallest absolute Gasteiger partial charge is 0.287 e. The molecule has 1 aromatic heterocycles. The fourth-order valence-corrected chi connectivity index (χ4v) is 2.75. The van der Waals surface area contributed by atoms with E-state index >= 15 is 0 Å². The summed E-state index contributed by atoms with van der Waals surface area (Å²) in [6.45, 7) is 1.85. The minimum atomic E-state index is -3.15. The fraction of sp³-hybridized carbons (Fsp3) is 0.500. The van der Waals surface area contributed by atoms with Gasteiger partial charge in [-0.3, -0.25) is 10.1 Å². The molecule has 1 fully saturated rings. The molecule has 0 N–H and O–H groups in total. The zero-order valence-electron chi connectivity index (χ0n) is 10.4. The molecule has 0 spiro atoms. The van der Waals surface area contributed by atoms with E-state index in [9.17, 15) is 18.5 Å². The highest BCUT2D eigenvalue weighted by Gasteiger charge is 2.24. The molecule has 0 radical (unpaired) electrons. The number of rotatable bonds is 3. The molecular weight excluding hydrogens is 272 g/mol. The summed E-state index contributed by atoms with van der Waals surface area (Å²) < 4.78 is 24.1. The molecule has 1 aromatic rings. The molecule has 0 unspecified atom stereocenters. The van der Waals surface area contributed by atoms with Crippen molar-refractivity contribution in [3.8, 4) is 0 Å². The van der Waals surface area contributed by atoms with Crippen LogP contribution in [0.2, 0.25) is 0 Å². The zero-order valence-corrected chi connectivity index (χ0v) is 11.2. The van der Waals surface area contributed by atoms with Crippen LogP contribution in [0.5, 0.6) is 0 Å². The maximum atomic E-state index is 11.4. The molecule has 9 heteroatoms. The average molecular weight is 286 g/mol. The zero-order chi connectivity index (χ0) is 14.0. The largest absolute Gasteiger partial charge is 0.354 e. The van der Waals surface area contributed by atoms with Gasteiger partial charge in [-0.2, -0.15) is 4.31 Å². The minimum absolute atomic E-state index is 0.0569. The van der Waals surface area contributed by atoms with Crippen molar-refractivity contribution in [1.82, 2.24) is 9.29 Å². The third-order valence-electron chi connectivity index (χ3n) is 2.97. The first-order chi connectivity index (χ1) is 8.88. The number of hydrogen-bond donors (Lipinski definition) is 0. The summed E-state index contributed by atoms with van der Waals surface area (Å²) in [6, 6.07) is 2.97. The molecule has 1 aliphatic rings. The molecule has 2 heterocycles. The monoisotopic (exact) mass is 286 g/mol. The predicted molar refractivity (Wildman–Crippen MR) is 69.5 cm³/mol. The van der Waals surface area contributed by atoms with Gasteiger partial charge in [0.2, 0.25) is 10.0 Å². The highest BCUT2D eigenvalue weighted by atomic mass is 32.2. The van der Waals surface area contributed by atoms with E-state index < -0.39 is 14.9 Å². The van der Waals surface area contributed by atoms with E-state index in [-0.39, 0.29) is 5.69 Å². The molecule has 2 rings (SSSR count). The Kier molecular flexibility index (Phi) is 3.67. The Balaban J connectivity index is 2.03. The van der Waals surface area contributed by atoms with E-state index in [0.29, 0.717) is 32.0 Å². The number of nitro groups is 1. The highest BCUT2D eigenvalue weighted by molar-refractivity contribution is 7.88. The summed E-state index contributed by atoms with van der Waals surface area (Å²) >= 11 is 0. The number of aromatic nitrogens is 1. The second kappa shape index (κ2) is 5.10. The number of piperazine rings is 1. The second-order valence-corrected chi connectivity index (χ2v) is 6.26.